The molecule has 0 aromatic rings. The molecule has 0 radical (unpaired) electrons. The minimum Gasteiger partial charge on any atom is -0.480 e. The fourth-order valence-corrected chi connectivity index (χ4v) is 7.88. The maximum Gasteiger partial charge on any atom is 0.326 e. The maximum atomic E-state index is 14.0. The molecule has 1 aliphatic rings. The number of guanidine groups is 1. The van der Waals surface area contributed by atoms with Crippen LogP contribution in [-0.2, 0) is 43.2 Å². The number of nitrogens with zero attached hydrogens (tertiary/aromatic N) is 2. The zero-order valence-corrected chi connectivity index (χ0v) is 43.1. The highest BCUT2D eigenvalue weighted by atomic mass is 32.2. The molecule has 1 saturated heterocycles. The van der Waals surface area contributed by atoms with Gasteiger partial charge in [-0.1, -0.05) is 55.4 Å². The summed E-state index contributed by atoms with van der Waals surface area (Å²) in [5.41, 5.74) is 17.0. The van der Waals surface area contributed by atoms with Crippen LogP contribution in [-0.4, -0.2) is 160 Å². The molecule has 0 saturated carbocycles. The molecule has 0 aliphatic carbocycles. The third-order valence-corrected chi connectivity index (χ3v) is 12.0. The Labute approximate surface area is 410 Å². The number of amides is 8. The zero-order chi connectivity index (χ0) is 52.9. The van der Waals surface area contributed by atoms with Crippen molar-refractivity contribution in [3.8, 4) is 0 Å². The van der Waals surface area contributed by atoms with Crippen LogP contribution in [0.25, 0.3) is 0 Å². The molecule has 1 heterocycles. The number of likely N-dealkylation sites (tertiary alicyclic amines) is 1. The number of rotatable bonds is 30. The maximum absolute atomic E-state index is 14.0. The van der Waals surface area contributed by atoms with E-state index in [9.17, 15) is 53.4 Å². The van der Waals surface area contributed by atoms with E-state index in [0.29, 0.717) is 12.2 Å². The average Bonchev–Trinajstić information content (AvgIpc) is 3.75. The van der Waals surface area contributed by atoms with Gasteiger partial charge < -0.3 is 69.5 Å². The third kappa shape index (κ3) is 21.5. The Morgan fingerprint density at radius 2 is 1.16 bits per heavy atom. The van der Waals surface area contributed by atoms with Crippen LogP contribution in [0.1, 0.15) is 114 Å². The number of aliphatic carboxylic acids is 1. The quantitative estimate of drug-likeness (QED) is 0.0219. The van der Waals surface area contributed by atoms with Crippen molar-refractivity contribution in [1.82, 2.24) is 42.1 Å². The predicted octanol–water partition coefficient (Wildman–Crippen LogP) is -1.61. The molecule has 394 valence electrons. The third-order valence-electron chi connectivity index (χ3n) is 11.4. The summed E-state index contributed by atoms with van der Waals surface area (Å²) in [5, 5.41) is 38.7. The minimum atomic E-state index is -1.66. The van der Waals surface area contributed by atoms with E-state index in [-0.39, 0.29) is 75.3 Å². The van der Waals surface area contributed by atoms with Crippen LogP contribution in [0.3, 0.4) is 0 Å². The molecular weight excluding hydrogens is 917 g/mol. The first-order valence-corrected chi connectivity index (χ1v) is 25.2. The summed E-state index contributed by atoms with van der Waals surface area (Å²) < 4.78 is 0. The lowest BCUT2D eigenvalue weighted by Crippen LogP contribution is -2.62. The van der Waals surface area contributed by atoms with E-state index in [0.717, 1.165) is 0 Å². The number of carbonyl (C=O) groups is 9. The molecule has 0 bridgehead atoms. The highest BCUT2D eigenvalue weighted by Crippen LogP contribution is 2.20. The number of carboxylic acids is 1. The molecule has 1 rings (SSSR count). The van der Waals surface area contributed by atoms with E-state index >= 15 is 0 Å². The normalized spacial score (nSPS) is 17.6. The number of carbonyl (C=O) groups excluding carboxylic acids is 8. The topological polar surface area (TPSA) is 372 Å². The summed E-state index contributed by atoms with van der Waals surface area (Å²) in [7, 11) is 0. The molecular formula is C45H82N12O11S. The minimum absolute atomic E-state index is 0.0549. The van der Waals surface area contributed by atoms with Gasteiger partial charge in [-0.2, -0.15) is 11.8 Å². The molecule has 1 fully saturated rings. The van der Waals surface area contributed by atoms with Crippen molar-refractivity contribution >= 4 is 70.9 Å². The molecule has 10 atom stereocenters. The van der Waals surface area contributed by atoms with Gasteiger partial charge in [0.2, 0.25) is 47.3 Å². The average molecular weight is 999 g/mol. The van der Waals surface area contributed by atoms with Gasteiger partial charge in [0.25, 0.3) is 0 Å². The second-order valence-corrected chi connectivity index (χ2v) is 20.2. The number of aliphatic imine (C=N–C) groups is 1. The van der Waals surface area contributed by atoms with E-state index in [4.69, 9.17) is 17.2 Å². The molecule has 23 nitrogen and oxygen atoms in total. The molecule has 15 N–H and O–H groups in total. The van der Waals surface area contributed by atoms with E-state index in [1.165, 1.54) is 30.5 Å². The smallest absolute Gasteiger partial charge is 0.326 e. The van der Waals surface area contributed by atoms with Gasteiger partial charge in [0.15, 0.2) is 5.96 Å². The van der Waals surface area contributed by atoms with Crippen molar-refractivity contribution in [3.05, 3.63) is 0 Å². The van der Waals surface area contributed by atoms with Crippen molar-refractivity contribution in [2.45, 2.75) is 175 Å². The van der Waals surface area contributed by atoms with Gasteiger partial charge in [-0.3, -0.25) is 43.3 Å². The number of carboxylic acid groups (broad SMARTS) is 1. The Hall–Kier alpha value is -5.23. The largest absolute Gasteiger partial charge is 0.480 e. The van der Waals surface area contributed by atoms with Crippen molar-refractivity contribution in [3.63, 3.8) is 0 Å². The summed E-state index contributed by atoms with van der Waals surface area (Å²) in [4.78, 5) is 126. The lowest BCUT2D eigenvalue weighted by atomic mass is 9.98. The standard InChI is InChI=1S/C45H82N12O11S/c1-22(2)20-30(38(61)54-31(44(67)68)21-23(3)4)53-41(64)34(25(7)8)55-42(65)35(27(10)58)56-37(60)28(14-12-17-49-45(47)48)51-39(62)32-15-13-18-57(32)43(66)26(9)50-36(59)29(16-19-69-11)52-40(63)33(46)24(5)6/h22-35,58H,12-21,46H2,1-11H3,(H,50,59)(H,51,62)(H,52,63)(H,53,64)(H,54,61)(H,55,65)(H,56,60)(H,67,68)(H4,47,48,49)/t26-,27+,28-,29-,30-,31-,32-,33-,34-,35-/m0/s1. The monoisotopic (exact) mass is 999 g/mol. The number of hydrogen-bond donors (Lipinski definition) is 12. The lowest BCUT2D eigenvalue weighted by molar-refractivity contribution is -0.143. The van der Waals surface area contributed by atoms with Crippen molar-refractivity contribution in [2.75, 3.05) is 25.1 Å². The van der Waals surface area contributed by atoms with Crippen LogP contribution in [0.2, 0.25) is 0 Å². The van der Waals surface area contributed by atoms with E-state index in [1.807, 2.05) is 20.1 Å². The predicted molar refractivity (Wildman–Crippen MR) is 263 cm³/mol. The van der Waals surface area contributed by atoms with Crippen molar-refractivity contribution < 1.29 is 53.4 Å². The number of nitrogens with two attached hydrogens (primary N) is 3. The molecule has 0 aromatic carbocycles. The van der Waals surface area contributed by atoms with Crippen LogP contribution >= 0.6 is 11.8 Å². The number of aliphatic hydroxyl groups is 1. The van der Waals surface area contributed by atoms with Crippen LogP contribution in [0.5, 0.6) is 0 Å². The van der Waals surface area contributed by atoms with Gasteiger partial charge in [0, 0.05) is 13.1 Å². The number of hydrogen-bond acceptors (Lipinski definition) is 13. The molecule has 0 spiro atoms. The number of thioether (sulfide) groups is 1. The van der Waals surface area contributed by atoms with Gasteiger partial charge in [0.05, 0.1) is 12.1 Å². The van der Waals surface area contributed by atoms with Gasteiger partial charge in [0.1, 0.15) is 48.3 Å². The molecule has 0 unspecified atom stereocenters. The molecule has 0 aromatic heterocycles. The second-order valence-electron chi connectivity index (χ2n) is 19.2. The highest BCUT2D eigenvalue weighted by molar-refractivity contribution is 7.98. The zero-order valence-electron chi connectivity index (χ0n) is 42.3. The lowest BCUT2D eigenvalue weighted by Gasteiger charge is -2.31. The SMILES string of the molecule is CSCC[C@H](NC(=O)[C@@H](N)C(C)C)C(=O)N[C@@H](C)C(=O)N1CCC[C@H]1C(=O)N[C@@H](CCCN=C(N)N)C(=O)N[C@H](C(=O)N[C@H](C(=O)N[C@@H](CC(C)C)C(=O)N[C@@H](CC(C)C)C(=O)O)C(C)C)[C@@H](C)O. The number of nitrogens with one attached hydrogen (secondary N) is 7. The number of aliphatic hydroxyl groups excluding tert-OH is 1. The van der Waals surface area contributed by atoms with Crippen LogP contribution in [0.15, 0.2) is 4.99 Å². The Kier molecular flexibility index (Phi) is 27.2. The summed E-state index contributed by atoms with van der Waals surface area (Å²) in [6.45, 7) is 17.0. The summed E-state index contributed by atoms with van der Waals surface area (Å²) in [6, 6.07) is -10.7. The summed E-state index contributed by atoms with van der Waals surface area (Å²) >= 11 is 1.47. The van der Waals surface area contributed by atoms with Crippen LogP contribution < -0.4 is 54.4 Å². The van der Waals surface area contributed by atoms with E-state index in [1.54, 1.807) is 41.5 Å². The Morgan fingerprint density at radius 1 is 0.652 bits per heavy atom. The first kappa shape index (κ1) is 61.8. The molecule has 8 amide bonds. The van der Waals surface area contributed by atoms with E-state index < -0.39 is 120 Å². The first-order valence-electron chi connectivity index (χ1n) is 23.8. The fourth-order valence-electron chi connectivity index (χ4n) is 7.41. The Balaban J connectivity index is 3.32. The molecule has 24 heteroatoms. The first-order chi connectivity index (χ1) is 32.1. The molecule has 69 heavy (non-hydrogen) atoms. The van der Waals surface area contributed by atoms with Crippen LogP contribution in [0, 0.1) is 23.7 Å². The van der Waals surface area contributed by atoms with Crippen molar-refractivity contribution in [1.29, 1.82) is 0 Å². The fraction of sp³-hybridized carbons (Fsp3) is 0.778. The van der Waals surface area contributed by atoms with Gasteiger partial charge in [-0.25, -0.2) is 4.79 Å². The van der Waals surface area contributed by atoms with Crippen molar-refractivity contribution in [2.24, 2.45) is 45.9 Å². The summed E-state index contributed by atoms with van der Waals surface area (Å²) in [6.07, 6.45) is 1.63. The molecule has 1 aliphatic heterocycles. The second kappa shape index (κ2) is 30.4. The van der Waals surface area contributed by atoms with Gasteiger partial charge in [-0.05, 0) is 94.5 Å². The Morgan fingerprint density at radius 3 is 1.68 bits per heavy atom. The van der Waals surface area contributed by atoms with Gasteiger partial charge >= 0.3 is 5.97 Å². The van der Waals surface area contributed by atoms with E-state index in [2.05, 4.69) is 42.2 Å². The Bertz CT molecular complexity index is 1780. The highest BCUT2D eigenvalue weighted by Gasteiger charge is 2.40. The van der Waals surface area contributed by atoms with Crippen LogP contribution in [0.4, 0.5) is 0 Å². The summed E-state index contributed by atoms with van der Waals surface area (Å²) in [5.74, 6) is -7.58. The van der Waals surface area contributed by atoms with Gasteiger partial charge in [-0.15, -0.1) is 0 Å².